The lowest BCUT2D eigenvalue weighted by molar-refractivity contribution is -0.385. The average Bonchev–Trinajstić information content (AvgIpc) is 3.09. The van der Waals surface area contributed by atoms with E-state index in [1.807, 2.05) is 6.07 Å². The first-order valence-corrected chi connectivity index (χ1v) is 6.50. The van der Waals surface area contributed by atoms with Gasteiger partial charge in [0.05, 0.1) is 30.8 Å². The molecular formula is C12H16N6O4. The van der Waals surface area contributed by atoms with Gasteiger partial charge < -0.3 is 10.1 Å². The van der Waals surface area contributed by atoms with Gasteiger partial charge in [-0.05, 0) is 6.07 Å². The zero-order valence-corrected chi connectivity index (χ0v) is 12.2. The summed E-state index contributed by atoms with van der Waals surface area (Å²) in [5, 5.41) is 21.4. The number of hydrogen-bond donors (Lipinski definition) is 1. The molecule has 0 unspecified atom stereocenters. The summed E-state index contributed by atoms with van der Waals surface area (Å²) in [5.41, 5.74) is 0.655. The molecule has 2 rings (SSSR count). The minimum absolute atomic E-state index is 0.0692. The molecule has 0 saturated heterocycles. The summed E-state index contributed by atoms with van der Waals surface area (Å²) in [6.45, 7) is 0.597. The third-order valence-corrected chi connectivity index (χ3v) is 3.06. The number of methoxy groups -OCH3 is 1. The molecule has 0 spiro atoms. The van der Waals surface area contributed by atoms with E-state index in [-0.39, 0.29) is 30.4 Å². The normalized spacial score (nSPS) is 10.5. The van der Waals surface area contributed by atoms with Gasteiger partial charge in [-0.2, -0.15) is 5.10 Å². The number of carbonyl (C=O) groups excluding carboxylic acids is 1. The summed E-state index contributed by atoms with van der Waals surface area (Å²) in [6, 6.07) is 1.81. The van der Waals surface area contributed by atoms with Gasteiger partial charge >= 0.3 is 11.6 Å². The number of aryl methyl sites for hydroxylation is 2. The van der Waals surface area contributed by atoms with Crippen LogP contribution in [0.2, 0.25) is 0 Å². The van der Waals surface area contributed by atoms with Gasteiger partial charge in [-0.3, -0.25) is 24.3 Å². The number of carbonyl (C=O) groups is 1. The Morgan fingerprint density at radius 1 is 1.55 bits per heavy atom. The lowest BCUT2D eigenvalue weighted by atomic mass is 10.3. The standard InChI is InChI=1S/C12H16N6O4/c1-16-9(3-5-14-16)7-13-11(19)4-6-17-8-10(18(20)21)12(15-17)22-2/h3,5,8H,4,6-7H2,1-2H3,(H,13,19). The Balaban J connectivity index is 1.86. The van der Waals surface area contributed by atoms with E-state index in [0.717, 1.165) is 5.69 Å². The fourth-order valence-corrected chi connectivity index (χ4v) is 1.85. The first-order chi connectivity index (χ1) is 10.5. The highest BCUT2D eigenvalue weighted by Crippen LogP contribution is 2.23. The van der Waals surface area contributed by atoms with E-state index in [2.05, 4.69) is 15.5 Å². The molecule has 118 valence electrons. The minimum Gasteiger partial charge on any atom is -0.475 e. The van der Waals surface area contributed by atoms with Crippen LogP contribution in [-0.2, 0) is 24.9 Å². The number of hydrogen-bond acceptors (Lipinski definition) is 6. The first-order valence-electron chi connectivity index (χ1n) is 6.50. The maximum Gasteiger partial charge on any atom is 0.350 e. The van der Waals surface area contributed by atoms with Crippen molar-refractivity contribution in [3.05, 3.63) is 34.3 Å². The Labute approximate surface area is 125 Å². The van der Waals surface area contributed by atoms with E-state index >= 15 is 0 Å². The molecule has 1 N–H and O–H groups in total. The Kier molecular flexibility index (Phi) is 4.71. The van der Waals surface area contributed by atoms with Crippen molar-refractivity contribution in [2.75, 3.05) is 7.11 Å². The summed E-state index contributed by atoms with van der Waals surface area (Å²) < 4.78 is 7.81. The maximum absolute atomic E-state index is 11.8. The number of amides is 1. The van der Waals surface area contributed by atoms with Crippen LogP contribution in [0.15, 0.2) is 18.5 Å². The van der Waals surface area contributed by atoms with Crippen LogP contribution in [0.3, 0.4) is 0 Å². The highest BCUT2D eigenvalue weighted by Gasteiger charge is 2.20. The molecule has 10 heteroatoms. The summed E-state index contributed by atoms with van der Waals surface area (Å²) in [7, 11) is 3.09. The van der Waals surface area contributed by atoms with Gasteiger partial charge in [0, 0.05) is 19.7 Å². The van der Waals surface area contributed by atoms with Crippen molar-refractivity contribution in [2.45, 2.75) is 19.5 Å². The summed E-state index contributed by atoms with van der Waals surface area (Å²) in [4.78, 5) is 22.0. The molecule has 22 heavy (non-hydrogen) atoms. The molecular weight excluding hydrogens is 292 g/mol. The summed E-state index contributed by atoms with van der Waals surface area (Å²) in [6.07, 6.45) is 3.05. The van der Waals surface area contributed by atoms with Crippen molar-refractivity contribution in [1.82, 2.24) is 24.9 Å². The van der Waals surface area contributed by atoms with Crippen LogP contribution >= 0.6 is 0 Å². The zero-order chi connectivity index (χ0) is 16.1. The van der Waals surface area contributed by atoms with Gasteiger partial charge in [0.25, 0.3) is 0 Å². The molecule has 0 saturated carbocycles. The number of rotatable bonds is 7. The van der Waals surface area contributed by atoms with Crippen LogP contribution < -0.4 is 10.1 Å². The SMILES string of the molecule is COc1nn(CCC(=O)NCc2ccnn2C)cc1[N+](=O)[O-]. The van der Waals surface area contributed by atoms with Crippen molar-refractivity contribution >= 4 is 11.6 Å². The third kappa shape index (κ3) is 3.59. The van der Waals surface area contributed by atoms with Crippen LogP contribution in [0, 0.1) is 10.1 Å². The van der Waals surface area contributed by atoms with Gasteiger partial charge in [0.2, 0.25) is 5.91 Å². The van der Waals surface area contributed by atoms with Gasteiger partial charge in [0.1, 0.15) is 6.20 Å². The Hall–Kier alpha value is -2.91. The first kappa shape index (κ1) is 15.5. The lowest BCUT2D eigenvalue weighted by Gasteiger charge is -2.05. The highest BCUT2D eigenvalue weighted by molar-refractivity contribution is 5.75. The fraction of sp³-hybridized carbons (Fsp3) is 0.417. The molecule has 0 atom stereocenters. The van der Waals surface area contributed by atoms with Crippen LogP contribution in [0.5, 0.6) is 5.88 Å². The minimum atomic E-state index is -0.579. The molecule has 0 radical (unpaired) electrons. The van der Waals surface area contributed by atoms with E-state index in [4.69, 9.17) is 4.74 Å². The van der Waals surface area contributed by atoms with E-state index in [0.29, 0.717) is 6.54 Å². The highest BCUT2D eigenvalue weighted by atomic mass is 16.6. The second-order valence-electron chi connectivity index (χ2n) is 4.52. The third-order valence-electron chi connectivity index (χ3n) is 3.06. The van der Waals surface area contributed by atoms with E-state index in [1.54, 1.807) is 17.9 Å². The largest absolute Gasteiger partial charge is 0.475 e. The van der Waals surface area contributed by atoms with Gasteiger partial charge in [-0.25, -0.2) is 0 Å². The molecule has 2 aromatic rings. The number of nitrogens with zero attached hydrogens (tertiary/aromatic N) is 5. The van der Waals surface area contributed by atoms with Gasteiger partial charge in [-0.1, -0.05) is 0 Å². The van der Waals surface area contributed by atoms with Crippen molar-refractivity contribution in [3.63, 3.8) is 0 Å². The van der Waals surface area contributed by atoms with Crippen LogP contribution in [0.1, 0.15) is 12.1 Å². The van der Waals surface area contributed by atoms with Gasteiger partial charge in [-0.15, -0.1) is 5.10 Å². The molecule has 0 aliphatic rings. The smallest absolute Gasteiger partial charge is 0.350 e. The van der Waals surface area contributed by atoms with Gasteiger partial charge in [0.15, 0.2) is 0 Å². The van der Waals surface area contributed by atoms with Crippen molar-refractivity contribution < 1.29 is 14.5 Å². The molecule has 2 aromatic heterocycles. The summed E-state index contributed by atoms with van der Waals surface area (Å²) >= 11 is 0. The van der Waals surface area contributed by atoms with E-state index in [9.17, 15) is 14.9 Å². The topological polar surface area (TPSA) is 117 Å². The molecule has 0 fully saturated rings. The number of ether oxygens (including phenoxy) is 1. The lowest BCUT2D eigenvalue weighted by Crippen LogP contribution is -2.25. The zero-order valence-electron chi connectivity index (χ0n) is 12.2. The fourth-order valence-electron chi connectivity index (χ4n) is 1.85. The van der Waals surface area contributed by atoms with Crippen molar-refractivity contribution in [3.8, 4) is 5.88 Å². The molecule has 1 amide bonds. The Bertz CT molecular complexity index is 677. The number of nitrogens with one attached hydrogen (secondary N) is 1. The molecule has 0 aliphatic heterocycles. The Morgan fingerprint density at radius 2 is 2.32 bits per heavy atom. The molecule has 0 aromatic carbocycles. The molecule has 0 bridgehead atoms. The van der Waals surface area contributed by atoms with E-state index < -0.39 is 4.92 Å². The van der Waals surface area contributed by atoms with E-state index in [1.165, 1.54) is 18.0 Å². The predicted octanol–water partition coefficient (Wildman–Crippen LogP) is 0.240. The molecule has 10 nitrogen and oxygen atoms in total. The summed E-state index contributed by atoms with van der Waals surface area (Å²) in [5.74, 6) is -0.251. The Morgan fingerprint density at radius 3 is 2.86 bits per heavy atom. The average molecular weight is 308 g/mol. The van der Waals surface area contributed by atoms with Crippen LogP contribution in [0.4, 0.5) is 5.69 Å². The number of nitro groups is 1. The number of aromatic nitrogens is 4. The predicted molar refractivity (Wildman–Crippen MR) is 75.1 cm³/mol. The monoisotopic (exact) mass is 308 g/mol. The second-order valence-corrected chi connectivity index (χ2v) is 4.52. The molecule has 2 heterocycles. The quantitative estimate of drug-likeness (QED) is 0.578. The van der Waals surface area contributed by atoms with Crippen LogP contribution in [0.25, 0.3) is 0 Å². The second kappa shape index (κ2) is 6.70. The van der Waals surface area contributed by atoms with Crippen LogP contribution in [-0.4, -0.2) is 37.5 Å². The van der Waals surface area contributed by atoms with Crippen molar-refractivity contribution in [2.24, 2.45) is 7.05 Å². The van der Waals surface area contributed by atoms with Crippen molar-refractivity contribution in [1.29, 1.82) is 0 Å². The molecule has 0 aliphatic carbocycles. The maximum atomic E-state index is 11.8.